The van der Waals surface area contributed by atoms with Crippen LogP contribution in [0.5, 0.6) is 0 Å². The number of nitrogens with two attached hydrogens (primary N) is 1. The predicted molar refractivity (Wildman–Crippen MR) is 83.2 cm³/mol. The summed E-state index contributed by atoms with van der Waals surface area (Å²) in [5.74, 6) is 0.545. The normalized spacial score (nSPS) is 21.4. The van der Waals surface area contributed by atoms with Crippen molar-refractivity contribution in [1.82, 2.24) is 4.90 Å². The Morgan fingerprint density at radius 1 is 1.45 bits per heavy atom. The molecule has 0 radical (unpaired) electrons. The van der Waals surface area contributed by atoms with Gasteiger partial charge < -0.3 is 10.9 Å². The number of piperidine rings is 1. The fourth-order valence-electron chi connectivity index (χ4n) is 2.92. The minimum Gasteiger partial charge on any atom is -0.409 e. The van der Waals surface area contributed by atoms with Gasteiger partial charge >= 0.3 is 0 Å². The van der Waals surface area contributed by atoms with Gasteiger partial charge in [-0.25, -0.2) is 0 Å². The van der Waals surface area contributed by atoms with E-state index in [0.29, 0.717) is 5.84 Å². The zero-order valence-corrected chi connectivity index (χ0v) is 12.1. The molecule has 0 aliphatic carbocycles. The smallest absolute Gasteiger partial charge is 0.143 e. The van der Waals surface area contributed by atoms with Crippen molar-refractivity contribution in [2.45, 2.75) is 19.4 Å². The molecule has 106 valence electrons. The van der Waals surface area contributed by atoms with E-state index in [-0.39, 0.29) is 5.92 Å². The highest BCUT2D eigenvalue weighted by Crippen LogP contribution is 2.28. The molecule has 4 nitrogen and oxygen atoms in total. The van der Waals surface area contributed by atoms with Crippen molar-refractivity contribution in [2.75, 3.05) is 13.1 Å². The van der Waals surface area contributed by atoms with E-state index in [0.717, 1.165) is 32.5 Å². The van der Waals surface area contributed by atoms with Crippen LogP contribution in [-0.2, 0) is 6.54 Å². The number of rotatable bonds is 3. The Hall–Kier alpha value is -1.59. The molecule has 1 aromatic heterocycles. The highest BCUT2D eigenvalue weighted by Gasteiger charge is 2.23. The van der Waals surface area contributed by atoms with Crippen LogP contribution in [0.1, 0.15) is 18.4 Å². The van der Waals surface area contributed by atoms with Crippen molar-refractivity contribution in [2.24, 2.45) is 16.8 Å². The number of hydrogen-bond acceptors (Lipinski definition) is 4. The molecular weight excluding hydrogens is 270 g/mol. The molecule has 0 saturated carbocycles. The summed E-state index contributed by atoms with van der Waals surface area (Å²) in [5, 5.41) is 15.6. The van der Waals surface area contributed by atoms with Gasteiger partial charge in [-0.1, -0.05) is 23.4 Å². The van der Waals surface area contributed by atoms with Crippen LogP contribution >= 0.6 is 11.3 Å². The van der Waals surface area contributed by atoms with E-state index in [4.69, 9.17) is 10.9 Å². The number of amidine groups is 1. The Bertz CT molecular complexity index is 622. The monoisotopic (exact) mass is 289 g/mol. The Labute approximate surface area is 122 Å². The van der Waals surface area contributed by atoms with E-state index in [9.17, 15) is 0 Å². The third-order valence-corrected chi connectivity index (χ3v) is 5.01. The minimum atomic E-state index is 0.179. The molecule has 1 saturated heterocycles. The van der Waals surface area contributed by atoms with Gasteiger partial charge in [-0.3, -0.25) is 4.90 Å². The summed E-state index contributed by atoms with van der Waals surface area (Å²) < 4.78 is 1.34. The second-order valence-electron chi connectivity index (χ2n) is 5.36. The Kier molecular flexibility index (Phi) is 3.89. The maximum atomic E-state index is 8.82. The summed E-state index contributed by atoms with van der Waals surface area (Å²) in [7, 11) is 0. The number of likely N-dealkylation sites (tertiary alicyclic amines) is 1. The van der Waals surface area contributed by atoms with Crippen molar-refractivity contribution < 1.29 is 5.21 Å². The largest absolute Gasteiger partial charge is 0.409 e. The average Bonchev–Trinajstić information content (AvgIpc) is 2.90. The van der Waals surface area contributed by atoms with E-state index in [1.54, 1.807) is 11.3 Å². The Morgan fingerprint density at radius 2 is 2.30 bits per heavy atom. The number of fused-ring (bicyclic) bond motifs is 1. The predicted octanol–water partition coefficient (Wildman–Crippen LogP) is 2.86. The molecule has 2 heterocycles. The van der Waals surface area contributed by atoms with Crippen LogP contribution in [0.15, 0.2) is 34.8 Å². The van der Waals surface area contributed by atoms with Gasteiger partial charge in [0.1, 0.15) is 5.84 Å². The lowest BCUT2D eigenvalue weighted by atomic mass is 9.96. The van der Waals surface area contributed by atoms with Crippen molar-refractivity contribution >= 4 is 27.3 Å². The first-order valence-corrected chi connectivity index (χ1v) is 7.81. The average molecular weight is 289 g/mol. The quantitative estimate of drug-likeness (QED) is 0.395. The molecule has 2 aromatic rings. The van der Waals surface area contributed by atoms with Crippen LogP contribution in [0.25, 0.3) is 10.1 Å². The van der Waals surface area contributed by atoms with Crippen LogP contribution in [0.3, 0.4) is 0 Å². The zero-order chi connectivity index (χ0) is 13.9. The van der Waals surface area contributed by atoms with Crippen LogP contribution in [0, 0.1) is 5.92 Å². The Morgan fingerprint density at radius 3 is 3.15 bits per heavy atom. The molecule has 3 N–H and O–H groups in total. The summed E-state index contributed by atoms with van der Waals surface area (Å²) in [5.41, 5.74) is 7.13. The molecule has 1 aliphatic rings. The highest BCUT2D eigenvalue weighted by molar-refractivity contribution is 7.17. The fraction of sp³-hybridized carbons (Fsp3) is 0.400. The van der Waals surface area contributed by atoms with E-state index in [1.165, 1.54) is 15.6 Å². The van der Waals surface area contributed by atoms with Gasteiger partial charge in [-0.15, -0.1) is 11.3 Å². The lowest BCUT2D eigenvalue weighted by molar-refractivity contribution is 0.193. The summed E-state index contributed by atoms with van der Waals surface area (Å²) in [6.07, 6.45) is 2.11. The summed E-state index contributed by atoms with van der Waals surface area (Å²) in [4.78, 5) is 2.40. The molecule has 0 spiro atoms. The lowest BCUT2D eigenvalue weighted by Crippen LogP contribution is -2.40. The van der Waals surface area contributed by atoms with Gasteiger partial charge in [0.2, 0.25) is 0 Å². The number of benzene rings is 1. The van der Waals surface area contributed by atoms with Crippen LogP contribution in [-0.4, -0.2) is 29.0 Å². The molecule has 5 heteroatoms. The van der Waals surface area contributed by atoms with Crippen molar-refractivity contribution in [3.05, 3.63) is 35.2 Å². The van der Waals surface area contributed by atoms with Gasteiger partial charge in [0.05, 0.1) is 0 Å². The van der Waals surface area contributed by atoms with E-state index < -0.39 is 0 Å². The second kappa shape index (κ2) is 5.81. The second-order valence-corrected chi connectivity index (χ2v) is 6.27. The first-order chi connectivity index (χ1) is 9.78. The van der Waals surface area contributed by atoms with E-state index >= 15 is 0 Å². The van der Waals surface area contributed by atoms with Gasteiger partial charge in [0.25, 0.3) is 0 Å². The number of thiophene rings is 1. The third-order valence-electron chi connectivity index (χ3n) is 3.99. The molecule has 1 unspecified atom stereocenters. The van der Waals surface area contributed by atoms with Gasteiger partial charge in [-0.2, -0.15) is 0 Å². The van der Waals surface area contributed by atoms with Gasteiger partial charge in [-0.05, 0) is 41.8 Å². The summed E-state index contributed by atoms with van der Waals surface area (Å²) >= 11 is 1.80. The van der Waals surface area contributed by atoms with Crippen LogP contribution in [0.2, 0.25) is 0 Å². The molecular formula is C15H19N3OS. The van der Waals surface area contributed by atoms with E-state index in [2.05, 4.69) is 39.7 Å². The maximum absolute atomic E-state index is 8.82. The van der Waals surface area contributed by atoms with Crippen molar-refractivity contribution in [3.8, 4) is 0 Å². The van der Waals surface area contributed by atoms with Crippen molar-refractivity contribution in [1.29, 1.82) is 0 Å². The maximum Gasteiger partial charge on any atom is 0.143 e. The molecule has 1 atom stereocenters. The zero-order valence-electron chi connectivity index (χ0n) is 11.3. The number of nitrogens with zero attached hydrogens (tertiary/aromatic N) is 2. The van der Waals surface area contributed by atoms with Crippen molar-refractivity contribution in [3.63, 3.8) is 0 Å². The molecule has 1 aliphatic heterocycles. The molecule has 1 fully saturated rings. The van der Waals surface area contributed by atoms with Crippen LogP contribution in [0.4, 0.5) is 0 Å². The fourth-order valence-corrected chi connectivity index (χ4v) is 3.87. The highest BCUT2D eigenvalue weighted by atomic mass is 32.1. The Balaban J connectivity index is 1.74. The van der Waals surface area contributed by atoms with Gasteiger partial charge in [0.15, 0.2) is 0 Å². The number of oxime groups is 1. The lowest BCUT2D eigenvalue weighted by Gasteiger charge is -2.31. The topological polar surface area (TPSA) is 61.9 Å². The molecule has 0 bridgehead atoms. The van der Waals surface area contributed by atoms with E-state index in [1.807, 2.05) is 0 Å². The minimum absolute atomic E-state index is 0.179. The third kappa shape index (κ3) is 2.64. The van der Waals surface area contributed by atoms with Crippen LogP contribution < -0.4 is 5.73 Å². The molecule has 1 aromatic carbocycles. The van der Waals surface area contributed by atoms with Gasteiger partial charge in [0, 0.05) is 23.7 Å². The first kappa shape index (κ1) is 13.4. The molecule has 3 rings (SSSR count). The first-order valence-electron chi connectivity index (χ1n) is 6.93. The standard InChI is InChI=1S/C15H19N3OS/c16-15(17-19)11-4-3-7-18(8-11)9-12-10-20-14-6-2-1-5-13(12)14/h1-2,5-6,10-11,19H,3-4,7-9H2,(H2,16,17). The molecule has 0 amide bonds. The molecule has 20 heavy (non-hydrogen) atoms. The number of hydrogen-bond donors (Lipinski definition) is 2. The summed E-state index contributed by atoms with van der Waals surface area (Å²) in [6.45, 7) is 2.90. The SMILES string of the molecule is NC(=NO)C1CCCN(Cc2csc3ccccc23)C1. The summed E-state index contributed by atoms with van der Waals surface area (Å²) in [6, 6.07) is 8.52.